The molecule has 4 nitrogen and oxygen atoms in total. The zero-order valence-electron chi connectivity index (χ0n) is 10.1. The van der Waals surface area contributed by atoms with E-state index in [0.717, 1.165) is 26.1 Å². The molecule has 0 radical (unpaired) electrons. The highest BCUT2D eigenvalue weighted by atomic mass is 16.2. The van der Waals surface area contributed by atoms with Gasteiger partial charge in [-0.3, -0.25) is 9.69 Å². The number of likely N-dealkylation sites (N-methyl/N-ethyl adjacent to an activating group) is 1. The monoisotopic (exact) mass is 213 g/mol. The van der Waals surface area contributed by atoms with Crippen molar-refractivity contribution in [1.82, 2.24) is 9.80 Å². The van der Waals surface area contributed by atoms with E-state index >= 15 is 0 Å². The Bertz CT molecular complexity index is 210. The fourth-order valence-electron chi connectivity index (χ4n) is 2.13. The Labute approximate surface area is 92.4 Å². The van der Waals surface area contributed by atoms with E-state index in [9.17, 15) is 4.79 Å². The van der Waals surface area contributed by atoms with Gasteiger partial charge < -0.3 is 10.6 Å². The highest BCUT2D eigenvalue weighted by Gasteiger charge is 2.24. The molecule has 4 heteroatoms. The number of nitrogens with zero attached hydrogens (tertiary/aromatic N) is 2. The highest BCUT2D eigenvalue weighted by molar-refractivity contribution is 5.77. The minimum Gasteiger partial charge on any atom is -0.345 e. The normalized spacial score (nSPS) is 27.7. The number of carbonyl (C=O) groups is 1. The van der Waals surface area contributed by atoms with E-state index in [-0.39, 0.29) is 11.9 Å². The van der Waals surface area contributed by atoms with E-state index in [1.807, 2.05) is 14.0 Å². The third-order valence-corrected chi connectivity index (χ3v) is 3.03. The summed E-state index contributed by atoms with van der Waals surface area (Å²) >= 11 is 0. The first-order valence-corrected chi connectivity index (χ1v) is 5.74. The summed E-state index contributed by atoms with van der Waals surface area (Å²) in [5.74, 6) is 0.798. The largest absolute Gasteiger partial charge is 0.345 e. The standard InChI is InChI=1S/C11H23N3O/c1-4-13(3)11(15)8-14-6-9(2)5-10(12)7-14/h9-10H,4-8,12H2,1-3H3. The first kappa shape index (κ1) is 12.5. The van der Waals surface area contributed by atoms with Crippen LogP contribution in [0.5, 0.6) is 0 Å². The van der Waals surface area contributed by atoms with Crippen LogP contribution in [0.3, 0.4) is 0 Å². The summed E-state index contributed by atoms with van der Waals surface area (Å²) in [6.07, 6.45) is 1.08. The second-order valence-corrected chi connectivity index (χ2v) is 4.70. The Balaban J connectivity index is 2.40. The van der Waals surface area contributed by atoms with Crippen molar-refractivity contribution in [1.29, 1.82) is 0 Å². The van der Waals surface area contributed by atoms with Crippen LogP contribution in [0.25, 0.3) is 0 Å². The minimum absolute atomic E-state index is 0.193. The molecule has 0 bridgehead atoms. The summed E-state index contributed by atoms with van der Waals surface area (Å²) in [7, 11) is 1.84. The number of hydrogen-bond acceptors (Lipinski definition) is 3. The van der Waals surface area contributed by atoms with Crippen LogP contribution < -0.4 is 5.73 Å². The van der Waals surface area contributed by atoms with Gasteiger partial charge in [-0.15, -0.1) is 0 Å². The lowest BCUT2D eigenvalue weighted by Gasteiger charge is -2.34. The van der Waals surface area contributed by atoms with E-state index in [1.165, 1.54) is 0 Å². The molecule has 2 atom stereocenters. The number of piperidine rings is 1. The maximum Gasteiger partial charge on any atom is 0.236 e. The first-order chi connectivity index (χ1) is 7.02. The van der Waals surface area contributed by atoms with Gasteiger partial charge in [0, 0.05) is 32.7 Å². The van der Waals surface area contributed by atoms with Gasteiger partial charge in [-0.05, 0) is 19.3 Å². The molecule has 1 heterocycles. The van der Waals surface area contributed by atoms with Gasteiger partial charge in [0.1, 0.15) is 0 Å². The number of carbonyl (C=O) groups excluding carboxylic acids is 1. The highest BCUT2D eigenvalue weighted by Crippen LogP contribution is 2.14. The molecule has 0 aromatic heterocycles. The van der Waals surface area contributed by atoms with E-state index in [4.69, 9.17) is 5.73 Å². The molecule has 15 heavy (non-hydrogen) atoms. The van der Waals surface area contributed by atoms with Crippen molar-refractivity contribution >= 4 is 5.91 Å². The summed E-state index contributed by atoms with van der Waals surface area (Å²) in [6, 6.07) is 0.230. The molecule has 0 aromatic carbocycles. The van der Waals surface area contributed by atoms with Crippen LogP contribution in [0.2, 0.25) is 0 Å². The first-order valence-electron chi connectivity index (χ1n) is 5.74. The summed E-state index contributed by atoms with van der Waals surface area (Å²) in [5, 5.41) is 0. The maximum absolute atomic E-state index is 11.7. The zero-order valence-corrected chi connectivity index (χ0v) is 10.1. The van der Waals surface area contributed by atoms with Crippen molar-refractivity contribution in [3.8, 4) is 0 Å². The van der Waals surface area contributed by atoms with Gasteiger partial charge in [-0.2, -0.15) is 0 Å². The summed E-state index contributed by atoms with van der Waals surface area (Å²) in [6.45, 7) is 7.32. The average Bonchev–Trinajstić information content (AvgIpc) is 2.14. The number of hydrogen-bond donors (Lipinski definition) is 1. The van der Waals surface area contributed by atoms with Gasteiger partial charge in [-0.25, -0.2) is 0 Å². The molecule has 88 valence electrons. The van der Waals surface area contributed by atoms with Crippen molar-refractivity contribution in [3.05, 3.63) is 0 Å². The SMILES string of the molecule is CCN(C)C(=O)CN1CC(C)CC(N)C1. The van der Waals surface area contributed by atoms with Gasteiger partial charge in [0.15, 0.2) is 0 Å². The van der Waals surface area contributed by atoms with E-state index in [2.05, 4.69) is 11.8 Å². The predicted octanol–water partition coefficient (Wildman–Crippen LogP) is 0.134. The molecule has 0 saturated carbocycles. The van der Waals surface area contributed by atoms with Crippen LogP contribution in [0.4, 0.5) is 0 Å². The molecule has 0 aliphatic carbocycles. The Hall–Kier alpha value is -0.610. The molecule has 0 aromatic rings. The fraction of sp³-hybridized carbons (Fsp3) is 0.909. The van der Waals surface area contributed by atoms with Gasteiger partial charge in [0.05, 0.1) is 6.54 Å². The Morgan fingerprint density at radius 3 is 2.73 bits per heavy atom. The molecule has 2 unspecified atom stereocenters. The fourth-order valence-corrected chi connectivity index (χ4v) is 2.13. The molecule has 1 aliphatic rings. The number of likely N-dealkylation sites (tertiary alicyclic amines) is 1. The average molecular weight is 213 g/mol. The number of nitrogens with two attached hydrogens (primary N) is 1. The van der Waals surface area contributed by atoms with Gasteiger partial charge in [0.2, 0.25) is 5.91 Å². The van der Waals surface area contributed by atoms with Crippen LogP contribution >= 0.6 is 0 Å². The lowest BCUT2D eigenvalue weighted by atomic mass is 9.97. The van der Waals surface area contributed by atoms with Crippen LogP contribution in [-0.2, 0) is 4.79 Å². The predicted molar refractivity (Wildman–Crippen MR) is 61.5 cm³/mol. The second-order valence-electron chi connectivity index (χ2n) is 4.70. The van der Waals surface area contributed by atoms with Crippen molar-refractivity contribution in [2.75, 3.05) is 33.2 Å². The third-order valence-electron chi connectivity index (χ3n) is 3.03. The zero-order chi connectivity index (χ0) is 11.4. The molecule has 1 aliphatic heterocycles. The van der Waals surface area contributed by atoms with Crippen molar-refractivity contribution in [2.45, 2.75) is 26.3 Å². The molecule has 2 N–H and O–H groups in total. The quantitative estimate of drug-likeness (QED) is 0.725. The number of amides is 1. The smallest absolute Gasteiger partial charge is 0.236 e. The molecule has 1 saturated heterocycles. The molecular formula is C11H23N3O. The van der Waals surface area contributed by atoms with Gasteiger partial charge in [-0.1, -0.05) is 6.92 Å². The number of rotatable bonds is 3. The third kappa shape index (κ3) is 3.80. The summed E-state index contributed by atoms with van der Waals surface area (Å²) in [4.78, 5) is 15.6. The molecule has 0 spiro atoms. The lowest BCUT2D eigenvalue weighted by molar-refractivity contribution is -0.131. The Morgan fingerprint density at radius 1 is 1.53 bits per heavy atom. The van der Waals surface area contributed by atoms with Crippen LogP contribution in [-0.4, -0.2) is 55.0 Å². The summed E-state index contributed by atoms with van der Waals surface area (Å²) < 4.78 is 0. The van der Waals surface area contributed by atoms with Crippen molar-refractivity contribution < 1.29 is 4.79 Å². The topological polar surface area (TPSA) is 49.6 Å². The van der Waals surface area contributed by atoms with Gasteiger partial charge >= 0.3 is 0 Å². The molecule has 1 amide bonds. The van der Waals surface area contributed by atoms with E-state index < -0.39 is 0 Å². The molecule has 1 rings (SSSR count). The van der Waals surface area contributed by atoms with Crippen LogP contribution in [0.1, 0.15) is 20.3 Å². The van der Waals surface area contributed by atoms with E-state index in [0.29, 0.717) is 12.5 Å². The Morgan fingerprint density at radius 2 is 2.20 bits per heavy atom. The molecular weight excluding hydrogens is 190 g/mol. The van der Waals surface area contributed by atoms with E-state index in [1.54, 1.807) is 4.90 Å². The van der Waals surface area contributed by atoms with Gasteiger partial charge in [0.25, 0.3) is 0 Å². The maximum atomic E-state index is 11.7. The van der Waals surface area contributed by atoms with Crippen molar-refractivity contribution in [2.24, 2.45) is 11.7 Å². The van der Waals surface area contributed by atoms with Crippen molar-refractivity contribution in [3.63, 3.8) is 0 Å². The second kappa shape index (κ2) is 5.47. The van der Waals surface area contributed by atoms with Crippen LogP contribution in [0, 0.1) is 5.92 Å². The summed E-state index contributed by atoms with van der Waals surface area (Å²) in [5.41, 5.74) is 5.93. The minimum atomic E-state index is 0.193. The molecule has 1 fully saturated rings. The lowest BCUT2D eigenvalue weighted by Crippen LogP contribution is -2.49. The Kier molecular flexibility index (Phi) is 4.54. The van der Waals surface area contributed by atoms with Crippen LogP contribution in [0.15, 0.2) is 0 Å².